The van der Waals surface area contributed by atoms with E-state index in [-0.39, 0.29) is 86.8 Å². The molecule has 0 unspecified atom stereocenters. The van der Waals surface area contributed by atoms with E-state index in [2.05, 4.69) is 33.0 Å². The SMILES string of the molecule is CCC1CCC(C(=O)OCC(COC(=O)C2CCC(CC)CC2)OC(=O)CCCNCCCC(=O)OC(COC(=O)C2CCC(CC)CC2)COC(=O)C2CCC(CC)CC2)CC1. The molecular weight excluding hydrogens is 807 g/mol. The summed E-state index contributed by atoms with van der Waals surface area (Å²) in [5.74, 6) is -0.168. The van der Waals surface area contributed by atoms with Gasteiger partial charge in [-0.1, -0.05) is 53.4 Å². The first kappa shape index (κ1) is 52.4. The molecule has 0 aromatic carbocycles. The van der Waals surface area contributed by atoms with Crippen molar-refractivity contribution in [2.45, 2.75) is 194 Å². The van der Waals surface area contributed by atoms with E-state index >= 15 is 0 Å². The van der Waals surface area contributed by atoms with Crippen molar-refractivity contribution in [1.29, 1.82) is 0 Å². The van der Waals surface area contributed by atoms with Crippen LogP contribution in [0.25, 0.3) is 0 Å². The normalized spacial score (nSPS) is 27.2. The third kappa shape index (κ3) is 19.4. The zero-order chi connectivity index (χ0) is 45.4. The highest BCUT2D eigenvalue weighted by molar-refractivity contribution is 5.74. The highest BCUT2D eigenvalue weighted by Gasteiger charge is 2.32. The van der Waals surface area contributed by atoms with Crippen molar-refractivity contribution < 1.29 is 57.2 Å². The molecule has 360 valence electrons. The van der Waals surface area contributed by atoms with Crippen LogP contribution < -0.4 is 5.32 Å². The van der Waals surface area contributed by atoms with Gasteiger partial charge in [-0.15, -0.1) is 0 Å². The van der Waals surface area contributed by atoms with Crippen molar-refractivity contribution in [2.75, 3.05) is 39.5 Å². The lowest BCUT2D eigenvalue weighted by Crippen LogP contribution is -2.34. The molecule has 0 bridgehead atoms. The number of hydrogen-bond acceptors (Lipinski definition) is 13. The van der Waals surface area contributed by atoms with Gasteiger partial charge in [0.2, 0.25) is 0 Å². The van der Waals surface area contributed by atoms with Crippen LogP contribution in [0.1, 0.15) is 182 Å². The van der Waals surface area contributed by atoms with Crippen LogP contribution in [0.2, 0.25) is 0 Å². The largest absolute Gasteiger partial charge is 0.461 e. The van der Waals surface area contributed by atoms with E-state index in [9.17, 15) is 28.8 Å². The second-order valence-corrected chi connectivity index (χ2v) is 19.2. The summed E-state index contributed by atoms with van der Waals surface area (Å²) in [5, 5.41) is 3.24. The zero-order valence-corrected chi connectivity index (χ0v) is 39.4. The lowest BCUT2D eigenvalue weighted by molar-refractivity contribution is -0.170. The topological polar surface area (TPSA) is 170 Å². The second-order valence-electron chi connectivity index (χ2n) is 19.2. The lowest BCUT2D eigenvalue weighted by atomic mass is 9.81. The summed E-state index contributed by atoms with van der Waals surface area (Å²) in [6, 6.07) is 0. The van der Waals surface area contributed by atoms with Gasteiger partial charge in [-0.25, -0.2) is 0 Å². The Balaban J connectivity index is 1.16. The molecule has 0 aromatic rings. The molecular formula is C50H83NO12. The number of esters is 6. The summed E-state index contributed by atoms with van der Waals surface area (Å²) in [7, 11) is 0. The average Bonchev–Trinajstić information content (AvgIpc) is 3.32. The third-order valence-corrected chi connectivity index (χ3v) is 14.7. The monoisotopic (exact) mass is 890 g/mol. The molecule has 13 nitrogen and oxygen atoms in total. The first-order chi connectivity index (χ1) is 30.5. The number of carbonyl (C=O) groups is 6. The van der Waals surface area contributed by atoms with Crippen LogP contribution in [0.4, 0.5) is 0 Å². The Kier molecular flexibility index (Phi) is 24.4. The molecule has 1 N–H and O–H groups in total. The quantitative estimate of drug-likeness (QED) is 0.0497. The summed E-state index contributed by atoms with van der Waals surface area (Å²) in [5.41, 5.74) is 0. The Morgan fingerprint density at radius 3 is 0.857 bits per heavy atom. The van der Waals surface area contributed by atoms with Gasteiger partial charge in [0.1, 0.15) is 26.4 Å². The molecule has 0 spiro atoms. The van der Waals surface area contributed by atoms with Crippen LogP contribution >= 0.6 is 0 Å². The van der Waals surface area contributed by atoms with E-state index in [0.717, 1.165) is 128 Å². The Morgan fingerprint density at radius 2 is 0.635 bits per heavy atom. The van der Waals surface area contributed by atoms with Gasteiger partial charge in [0.25, 0.3) is 0 Å². The molecule has 4 saturated carbocycles. The molecule has 4 aliphatic carbocycles. The van der Waals surface area contributed by atoms with Crippen molar-refractivity contribution >= 4 is 35.8 Å². The Bertz CT molecular complexity index is 1190. The molecule has 4 rings (SSSR count). The minimum absolute atomic E-state index is 0.106. The predicted octanol–water partition coefficient (Wildman–Crippen LogP) is 9.00. The third-order valence-electron chi connectivity index (χ3n) is 14.7. The van der Waals surface area contributed by atoms with Gasteiger partial charge in [0.05, 0.1) is 23.7 Å². The van der Waals surface area contributed by atoms with Gasteiger partial charge in [0.15, 0.2) is 12.2 Å². The van der Waals surface area contributed by atoms with E-state index in [1.54, 1.807) is 0 Å². The zero-order valence-electron chi connectivity index (χ0n) is 39.4. The van der Waals surface area contributed by atoms with E-state index in [1.807, 2.05) is 0 Å². The Hall–Kier alpha value is -3.22. The maximum Gasteiger partial charge on any atom is 0.309 e. The fourth-order valence-electron chi connectivity index (χ4n) is 9.96. The second kappa shape index (κ2) is 29.3. The molecule has 13 heteroatoms. The van der Waals surface area contributed by atoms with Crippen LogP contribution in [0.15, 0.2) is 0 Å². The van der Waals surface area contributed by atoms with E-state index in [1.165, 1.54) is 0 Å². The summed E-state index contributed by atoms with van der Waals surface area (Å²) in [4.78, 5) is 77.6. The summed E-state index contributed by atoms with van der Waals surface area (Å²) in [6.07, 6.45) is 18.2. The van der Waals surface area contributed by atoms with Gasteiger partial charge < -0.3 is 33.7 Å². The fraction of sp³-hybridized carbons (Fsp3) is 0.880. The average molecular weight is 890 g/mol. The van der Waals surface area contributed by atoms with Gasteiger partial charge in [-0.3, -0.25) is 28.8 Å². The smallest absolute Gasteiger partial charge is 0.309 e. The molecule has 0 amide bonds. The molecule has 4 fully saturated rings. The van der Waals surface area contributed by atoms with Gasteiger partial charge in [-0.05, 0) is 152 Å². The predicted molar refractivity (Wildman–Crippen MR) is 238 cm³/mol. The summed E-state index contributed by atoms with van der Waals surface area (Å²) < 4.78 is 34.0. The molecule has 0 atom stereocenters. The van der Waals surface area contributed by atoms with Gasteiger partial charge in [0, 0.05) is 12.8 Å². The highest BCUT2D eigenvalue weighted by Crippen LogP contribution is 2.34. The van der Waals surface area contributed by atoms with E-state index in [4.69, 9.17) is 28.4 Å². The van der Waals surface area contributed by atoms with Gasteiger partial charge in [-0.2, -0.15) is 0 Å². The van der Waals surface area contributed by atoms with Crippen molar-refractivity contribution in [3.8, 4) is 0 Å². The van der Waals surface area contributed by atoms with Crippen LogP contribution in [0.3, 0.4) is 0 Å². The molecule has 0 aromatic heterocycles. The van der Waals surface area contributed by atoms with Crippen LogP contribution in [-0.4, -0.2) is 87.5 Å². The van der Waals surface area contributed by atoms with E-state index < -0.39 is 24.1 Å². The Labute approximate surface area is 378 Å². The number of ether oxygens (including phenoxy) is 6. The van der Waals surface area contributed by atoms with Crippen LogP contribution in [-0.2, 0) is 57.2 Å². The molecule has 0 aliphatic heterocycles. The molecule has 0 saturated heterocycles. The minimum atomic E-state index is -0.888. The molecule has 63 heavy (non-hydrogen) atoms. The first-order valence-electron chi connectivity index (χ1n) is 25.3. The maximum absolute atomic E-state index is 12.9. The molecule has 0 radical (unpaired) electrons. The molecule has 4 aliphatic rings. The van der Waals surface area contributed by atoms with Crippen molar-refractivity contribution in [3.05, 3.63) is 0 Å². The summed E-state index contributed by atoms with van der Waals surface area (Å²) in [6.45, 7) is 9.06. The number of nitrogens with one attached hydrogen (secondary N) is 1. The lowest BCUT2D eigenvalue weighted by Gasteiger charge is -2.28. The minimum Gasteiger partial charge on any atom is -0.461 e. The van der Waals surface area contributed by atoms with Gasteiger partial charge >= 0.3 is 35.8 Å². The molecule has 0 heterocycles. The standard InChI is InChI=1S/C50H83NO12/c1-5-35-13-21-39(22-14-35)47(54)58-31-43(32-59-48(55)40-23-15-36(6-2)16-24-40)62-45(52)11-9-29-51-30-10-12-46(53)63-44(33-60-49(56)41-25-17-37(7-3)18-26-41)34-61-50(57)42-27-19-38(8-4)20-28-42/h35-44,51H,5-34H2,1-4H3. The van der Waals surface area contributed by atoms with Crippen molar-refractivity contribution in [3.63, 3.8) is 0 Å². The first-order valence-corrected chi connectivity index (χ1v) is 25.3. The van der Waals surface area contributed by atoms with Crippen molar-refractivity contribution in [1.82, 2.24) is 5.32 Å². The van der Waals surface area contributed by atoms with Crippen LogP contribution in [0, 0.1) is 47.3 Å². The number of rotatable bonds is 26. The number of carbonyl (C=O) groups excluding carboxylic acids is 6. The van der Waals surface area contributed by atoms with Crippen LogP contribution in [0.5, 0.6) is 0 Å². The summed E-state index contributed by atoms with van der Waals surface area (Å²) >= 11 is 0. The maximum atomic E-state index is 12.9. The highest BCUT2D eigenvalue weighted by atomic mass is 16.6. The number of hydrogen-bond donors (Lipinski definition) is 1. The van der Waals surface area contributed by atoms with E-state index in [0.29, 0.717) is 49.6 Å². The fourth-order valence-corrected chi connectivity index (χ4v) is 9.96. The van der Waals surface area contributed by atoms with Crippen molar-refractivity contribution in [2.24, 2.45) is 47.3 Å². The Morgan fingerprint density at radius 1 is 0.397 bits per heavy atom.